The van der Waals surface area contributed by atoms with E-state index in [1.807, 2.05) is 20.3 Å². The molecule has 3 aromatic rings. The molecule has 1 aliphatic heterocycles. The quantitative estimate of drug-likeness (QED) is 0.586. The number of rotatable bonds is 5. The van der Waals surface area contributed by atoms with Crippen molar-refractivity contribution in [2.75, 3.05) is 39.2 Å². The van der Waals surface area contributed by atoms with Crippen molar-refractivity contribution in [2.45, 2.75) is 39.2 Å². The fourth-order valence-electron chi connectivity index (χ4n) is 4.66. The highest BCUT2D eigenvalue weighted by atomic mass is 16.5. The summed E-state index contributed by atoms with van der Waals surface area (Å²) in [4.78, 5) is 22.1. The third kappa shape index (κ3) is 5.14. The van der Waals surface area contributed by atoms with Crippen LogP contribution >= 0.6 is 0 Å². The van der Waals surface area contributed by atoms with E-state index in [1.54, 1.807) is 24.1 Å². The van der Waals surface area contributed by atoms with Crippen molar-refractivity contribution in [2.24, 2.45) is 5.41 Å². The van der Waals surface area contributed by atoms with E-state index in [9.17, 15) is 4.79 Å². The van der Waals surface area contributed by atoms with Gasteiger partial charge in [-0.15, -0.1) is 0 Å². The van der Waals surface area contributed by atoms with Crippen LogP contribution < -0.4 is 9.64 Å². The van der Waals surface area contributed by atoms with Gasteiger partial charge in [-0.3, -0.25) is 4.90 Å². The molecule has 5 rings (SSSR count). The van der Waals surface area contributed by atoms with E-state index in [0.29, 0.717) is 5.82 Å². The van der Waals surface area contributed by atoms with Crippen LogP contribution in [0, 0.1) is 12.3 Å². The van der Waals surface area contributed by atoms with Crippen LogP contribution in [0.5, 0.6) is 5.75 Å². The molecule has 2 aromatic heterocycles. The zero-order chi connectivity index (χ0) is 23.6. The molecule has 2 N–H and O–H groups in total. The standard InChI is InChI=1S/C18H24N2O.C8H10N2O2/c1-13-11-16(21-2)15(14-3-8-19-17(13)14)12-20-9-6-18(4-5-18)7-10-20;1-10(2)7-5-3-4-6(9-7)8(11)12/h3,8,11,19H,4-7,9-10,12H2,1-2H3;3-5H,1-2H3,(H,11,12). The van der Waals surface area contributed by atoms with Crippen molar-refractivity contribution < 1.29 is 14.6 Å². The number of benzene rings is 1. The lowest BCUT2D eigenvalue weighted by Crippen LogP contribution is -2.34. The monoisotopic (exact) mass is 450 g/mol. The highest BCUT2D eigenvalue weighted by Gasteiger charge is 2.44. The van der Waals surface area contributed by atoms with Gasteiger partial charge in [-0.05, 0) is 80.9 Å². The number of hydrogen-bond acceptors (Lipinski definition) is 5. The predicted octanol–water partition coefficient (Wildman–Crippen LogP) is 4.71. The summed E-state index contributed by atoms with van der Waals surface area (Å²) in [6.07, 6.45) is 7.75. The Morgan fingerprint density at radius 1 is 1.21 bits per heavy atom. The van der Waals surface area contributed by atoms with Gasteiger partial charge in [-0.2, -0.15) is 0 Å². The number of aromatic amines is 1. The van der Waals surface area contributed by atoms with Crippen molar-refractivity contribution >= 4 is 22.7 Å². The molecule has 1 saturated carbocycles. The Morgan fingerprint density at radius 2 is 1.94 bits per heavy atom. The van der Waals surface area contributed by atoms with E-state index in [2.05, 4.69) is 33.9 Å². The molecule has 176 valence electrons. The number of aromatic carboxylic acids is 1. The third-order valence-corrected chi connectivity index (χ3v) is 7.00. The molecule has 0 unspecified atom stereocenters. The number of methoxy groups -OCH3 is 1. The van der Waals surface area contributed by atoms with Crippen LogP contribution in [-0.4, -0.2) is 60.2 Å². The van der Waals surface area contributed by atoms with Crippen molar-refractivity contribution in [3.63, 3.8) is 0 Å². The molecule has 1 saturated heterocycles. The minimum atomic E-state index is -1.00. The molecule has 0 radical (unpaired) electrons. The first-order chi connectivity index (χ1) is 15.8. The second-order valence-corrected chi connectivity index (χ2v) is 9.50. The number of hydrogen-bond donors (Lipinski definition) is 2. The summed E-state index contributed by atoms with van der Waals surface area (Å²) in [5.74, 6) is 0.680. The highest BCUT2D eigenvalue weighted by molar-refractivity contribution is 5.88. The van der Waals surface area contributed by atoms with Gasteiger partial charge in [0.05, 0.1) is 7.11 Å². The van der Waals surface area contributed by atoms with E-state index in [4.69, 9.17) is 9.84 Å². The van der Waals surface area contributed by atoms with Crippen LogP contribution in [0.1, 0.15) is 47.3 Å². The molecular formula is C26H34N4O3. The van der Waals surface area contributed by atoms with E-state index in [-0.39, 0.29) is 5.69 Å². The summed E-state index contributed by atoms with van der Waals surface area (Å²) in [7, 11) is 5.41. The second-order valence-electron chi connectivity index (χ2n) is 9.50. The Bertz CT molecular complexity index is 1120. The summed E-state index contributed by atoms with van der Waals surface area (Å²) in [6.45, 7) is 5.63. The Hall–Kier alpha value is -3.06. The summed E-state index contributed by atoms with van der Waals surface area (Å²) >= 11 is 0. The molecule has 0 atom stereocenters. The molecule has 7 heteroatoms. The minimum absolute atomic E-state index is 0.0706. The first-order valence-electron chi connectivity index (χ1n) is 11.6. The first-order valence-corrected chi connectivity index (χ1v) is 11.6. The maximum absolute atomic E-state index is 10.5. The summed E-state index contributed by atoms with van der Waals surface area (Å²) in [5.41, 5.74) is 4.66. The van der Waals surface area contributed by atoms with Gasteiger partial charge in [0.1, 0.15) is 11.6 Å². The van der Waals surface area contributed by atoms with Gasteiger partial charge >= 0.3 is 5.97 Å². The predicted molar refractivity (Wildman–Crippen MR) is 131 cm³/mol. The van der Waals surface area contributed by atoms with Gasteiger partial charge in [0.15, 0.2) is 5.69 Å². The Balaban J connectivity index is 0.000000185. The van der Waals surface area contributed by atoms with Crippen LogP contribution in [0.3, 0.4) is 0 Å². The third-order valence-electron chi connectivity index (χ3n) is 7.00. The fraction of sp³-hybridized carbons (Fsp3) is 0.462. The molecule has 2 fully saturated rings. The number of nitrogens with zero attached hydrogens (tertiary/aromatic N) is 3. The number of aromatic nitrogens is 2. The van der Waals surface area contributed by atoms with Crippen molar-refractivity contribution in [3.05, 3.63) is 53.3 Å². The smallest absolute Gasteiger partial charge is 0.354 e. The van der Waals surface area contributed by atoms with E-state index in [1.165, 1.54) is 66.9 Å². The largest absolute Gasteiger partial charge is 0.496 e. The number of fused-ring (bicyclic) bond motifs is 1. The number of anilines is 1. The lowest BCUT2D eigenvalue weighted by atomic mass is 9.93. The number of likely N-dealkylation sites (tertiary alicyclic amines) is 1. The van der Waals surface area contributed by atoms with Crippen LogP contribution in [0.25, 0.3) is 10.9 Å². The Labute approximate surface area is 195 Å². The molecule has 33 heavy (non-hydrogen) atoms. The number of carbonyl (C=O) groups is 1. The molecular weight excluding hydrogens is 416 g/mol. The number of pyridine rings is 1. The number of aryl methyl sites for hydroxylation is 1. The maximum atomic E-state index is 10.5. The van der Waals surface area contributed by atoms with Gasteiger partial charge in [0.2, 0.25) is 0 Å². The molecule has 0 bridgehead atoms. The summed E-state index contributed by atoms with van der Waals surface area (Å²) < 4.78 is 5.66. The molecule has 3 heterocycles. The average Bonchev–Trinajstić information content (AvgIpc) is 3.37. The topological polar surface area (TPSA) is 81.7 Å². The van der Waals surface area contributed by atoms with Gasteiger partial charge < -0.3 is 19.7 Å². The average molecular weight is 451 g/mol. The first kappa shape index (κ1) is 23.1. The molecule has 2 aliphatic rings. The van der Waals surface area contributed by atoms with Crippen LogP contribution in [0.15, 0.2) is 36.5 Å². The molecule has 0 amide bonds. The van der Waals surface area contributed by atoms with Crippen LogP contribution in [-0.2, 0) is 6.54 Å². The van der Waals surface area contributed by atoms with E-state index < -0.39 is 5.97 Å². The zero-order valence-corrected chi connectivity index (χ0v) is 20.0. The van der Waals surface area contributed by atoms with E-state index in [0.717, 1.165) is 17.7 Å². The molecule has 1 spiro atoms. The van der Waals surface area contributed by atoms with E-state index >= 15 is 0 Å². The van der Waals surface area contributed by atoms with Gasteiger partial charge in [0.25, 0.3) is 0 Å². The lowest BCUT2D eigenvalue weighted by molar-refractivity contribution is 0.0690. The number of carboxylic acids is 1. The number of H-pyrrole nitrogens is 1. The molecule has 1 aliphatic carbocycles. The summed E-state index contributed by atoms with van der Waals surface area (Å²) in [6, 6.07) is 9.25. The number of piperidine rings is 1. The van der Waals surface area contributed by atoms with Crippen LogP contribution in [0.2, 0.25) is 0 Å². The Kier molecular flexibility index (Phi) is 6.61. The SMILES string of the molecule is CN(C)c1cccc(C(=O)O)n1.COc1cc(C)c2[nH]ccc2c1CN1CCC2(CC1)CC2. The number of nitrogens with one attached hydrogen (secondary N) is 1. The van der Waals surface area contributed by atoms with Gasteiger partial charge in [-0.25, -0.2) is 9.78 Å². The number of carboxylic acid groups (broad SMARTS) is 1. The normalized spacial score (nSPS) is 16.8. The zero-order valence-electron chi connectivity index (χ0n) is 20.0. The highest BCUT2D eigenvalue weighted by Crippen LogP contribution is 2.53. The van der Waals surface area contributed by atoms with Gasteiger partial charge in [-0.1, -0.05) is 6.07 Å². The van der Waals surface area contributed by atoms with Crippen molar-refractivity contribution in [1.29, 1.82) is 0 Å². The van der Waals surface area contributed by atoms with Gasteiger partial charge in [0, 0.05) is 43.3 Å². The second kappa shape index (κ2) is 9.43. The lowest BCUT2D eigenvalue weighted by Gasteiger charge is -2.32. The Morgan fingerprint density at radius 3 is 2.55 bits per heavy atom. The maximum Gasteiger partial charge on any atom is 0.354 e. The number of ether oxygens (including phenoxy) is 1. The summed E-state index contributed by atoms with van der Waals surface area (Å²) in [5, 5.41) is 9.93. The fourth-order valence-corrected chi connectivity index (χ4v) is 4.66. The van der Waals surface area contributed by atoms with Crippen LogP contribution in [0.4, 0.5) is 5.82 Å². The minimum Gasteiger partial charge on any atom is -0.496 e. The van der Waals surface area contributed by atoms with Crippen molar-refractivity contribution in [1.82, 2.24) is 14.9 Å². The molecule has 7 nitrogen and oxygen atoms in total. The van der Waals surface area contributed by atoms with Crippen molar-refractivity contribution in [3.8, 4) is 5.75 Å². The molecule has 1 aromatic carbocycles.